The molecular formula is C16H20N2O7. The molecule has 1 atom stereocenters. The summed E-state index contributed by atoms with van der Waals surface area (Å²) in [6.07, 6.45) is 2.27. The number of ether oxygens (including phenoxy) is 3. The lowest BCUT2D eigenvalue weighted by molar-refractivity contribution is -0.385. The maximum atomic E-state index is 12.7. The molecule has 1 aliphatic rings. The van der Waals surface area contributed by atoms with Crippen molar-refractivity contribution >= 4 is 17.9 Å². The number of hydrogen-bond acceptors (Lipinski definition) is 7. The van der Waals surface area contributed by atoms with Crippen molar-refractivity contribution in [3.63, 3.8) is 0 Å². The lowest BCUT2D eigenvalue weighted by Crippen LogP contribution is -2.37. The Morgan fingerprint density at radius 2 is 2.24 bits per heavy atom. The van der Waals surface area contributed by atoms with Crippen molar-refractivity contribution in [2.45, 2.75) is 25.8 Å². The zero-order valence-corrected chi connectivity index (χ0v) is 14.1. The van der Waals surface area contributed by atoms with Gasteiger partial charge in [0, 0.05) is 6.07 Å². The fraction of sp³-hybridized carbons (Fsp3) is 0.500. The molecule has 25 heavy (non-hydrogen) atoms. The van der Waals surface area contributed by atoms with Crippen LogP contribution >= 0.6 is 0 Å². The lowest BCUT2D eigenvalue weighted by atomic mass is 10.1. The van der Waals surface area contributed by atoms with Gasteiger partial charge in [0.15, 0.2) is 11.5 Å². The summed E-state index contributed by atoms with van der Waals surface area (Å²) in [6.45, 7) is 2.34. The molecule has 0 bridgehead atoms. The quantitative estimate of drug-likeness (QED) is 0.304. The van der Waals surface area contributed by atoms with Gasteiger partial charge >= 0.3 is 0 Å². The van der Waals surface area contributed by atoms with Crippen molar-refractivity contribution in [3.05, 3.63) is 27.8 Å². The summed E-state index contributed by atoms with van der Waals surface area (Å²) >= 11 is 0. The molecule has 0 N–H and O–H groups in total. The lowest BCUT2D eigenvalue weighted by Gasteiger charge is -2.19. The predicted molar refractivity (Wildman–Crippen MR) is 86.9 cm³/mol. The summed E-state index contributed by atoms with van der Waals surface area (Å²) < 4.78 is 15.8. The maximum Gasteiger partial charge on any atom is 0.286 e. The highest BCUT2D eigenvalue weighted by Gasteiger charge is 2.34. The molecule has 1 heterocycles. The van der Waals surface area contributed by atoms with E-state index in [1.807, 2.05) is 6.92 Å². The number of methoxy groups -OCH3 is 1. The highest BCUT2D eigenvalue weighted by Crippen LogP contribution is 2.36. The molecule has 1 saturated heterocycles. The van der Waals surface area contributed by atoms with Gasteiger partial charge in [-0.1, -0.05) is 13.3 Å². The zero-order valence-electron chi connectivity index (χ0n) is 14.1. The van der Waals surface area contributed by atoms with Gasteiger partial charge in [0.05, 0.1) is 31.3 Å². The van der Waals surface area contributed by atoms with Crippen molar-refractivity contribution in [1.29, 1.82) is 0 Å². The van der Waals surface area contributed by atoms with Gasteiger partial charge < -0.3 is 23.9 Å². The number of unbranched alkanes of at least 4 members (excludes halogenated alkanes) is 1. The smallest absolute Gasteiger partial charge is 0.286 e. The number of carbonyl (C=O) groups is 2. The molecular weight excluding hydrogens is 332 g/mol. The van der Waals surface area contributed by atoms with Crippen molar-refractivity contribution < 1.29 is 28.7 Å². The van der Waals surface area contributed by atoms with Crippen LogP contribution in [-0.2, 0) is 9.53 Å². The highest BCUT2D eigenvalue weighted by atomic mass is 16.6. The second-order valence-corrected chi connectivity index (χ2v) is 5.46. The number of hydrogen-bond donors (Lipinski definition) is 0. The van der Waals surface area contributed by atoms with E-state index in [2.05, 4.69) is 0 Å². The van der Waals surface area contributed by atoms with Gasteiger partial charge in [0.25, 0.3) is 11.6 Å². The average Bonchev–Trinajstić information content (AvgIpc) is 3.09. The molecule has 0 aliphatic carbocycles. The summed E-state index contributed by atoms with van der Waals surface area (Å²) in [5.74, 6) is -0.253. The van der Waals surface area contributed by atoms with Gasteiger partial charge in [-0.3, -0.25) is 14.9 Å². The molecule has 1 aromatic carbocycles. The Labute approximate surface area is 144 Å². The monoisotopic (exact) mass is 352 g/mol. The SMILES string of the molecule is CCCCOc1cc([N+](=O)[O-])c(C(=O)N2COC[C@H]2C=O)cc1OC. The fourth-order valence-corrected chi connectivity index (χ4v) is 2.40. The van der Waals surface area contributed by atoms with E-state index >= 15 is 0 Å². The van der Waals surface area contributed by atoms with E-state index in [1.54, 1.807) is 0 Å². The summed E-state index contributed by atoms with van der Waals surface area (Å²) in [5, 5.41) is 11.4. The third-order valence-corrected chi connectivity index (χ3v) is 3.80. The molecule has 0 aromatic heterocycles. The van der Waals surface area contributed by atoms with Crippen molar-refractivity contribution in [2.75, 3.05) is 27.1 Å². The van der Waals surface area contributed by atoms with Crippen LogP contribution in [0.2, 0.25) is 0 Å². The van der Waals surface area contributed by atoms with Gasteiger partial charge in [-0.25, -0.2) is 0 Å². The molecule has 1 fully saturated rings. The Kier molecular flexibility index (Phi) is 6.29. The Morgan fingerprint density at radius 1 is 1.48 bits per heavy atom. The molecule has 136 valence electrons. The minimum atomic E-state index is -0.765. The van der Waals surface area contributed by atoms with Crippen LogP contribution in [0.3, 0.4) is 0 Å². The number of nitrogens with zero attached hydrogens (tertiary/aromatic N) is 2. The summed E-state index contributed by atoms with van der Waals surface area (Å²) in [5.41, 5.74) is -0.587. The van der Waals surface area contributed by atoms with Gasteiger partial charge in [0.1, 0.15) is 24.6 Å². The van der Waals surface area contributed by atoms with Gasteiger partial charge in [0.2, 0.25) is 0 Å². The Morgan fingerprint density at radius 3 is 2.84 bits per heavy atom. The summed E-state index contributed by atoms with van der Waals surface area (Å²) in [4.78, 5) is 35.6. The number of amides is 1. The Hall–Kier alpha value is -2.68. The number of rotatable bonds is 8. The minimum absolute atomic E-state index is 0.0678. The van der Waals surface area contributed by atoms with Gasteiger partial charge in [-0.2, -0.15) is 0 Å². The molecule has 0 saturated carbocycles. The van der Waals surface area contributed by atoms with Crippen molar-refractivity contribution in [2.24, 2.45) is 0 Å². The van der Waals surface area contributed by atoms with E-state index in [0.29, 0.717) is 12.9 Å². The van der Waals surface area contributed by atoms with Crippen LogP contribution < -0.4 is 9.47 Å². The number of carbonyl (C=O) groups excluding carboxylic acids is 2. The van der Waals surface area contributed by atoms with Crippen LogP contribution in [0.5, 0.6) is 11.5 Å². The van der Waals surface area contributed by atoms with Crippen LogP contribution in [0.4, 0.5) is 5.69 Å². The topological polar surface area (TPSA) is 108 Å². The molecule has 0 spiro atoms. The van der Waals surface area contributed by atoms with E-state index in [1.165, 1.54) is 19.2 Å². The maximum absolute atomic E-state index is 12.7. The second kappa shape index (κ2) is 8.43. The van der Waals surface area contributed by atoms with Crippen LogP contribution in [-0.4, -0.2) is 55.1 Å². The van der Waals surface area contributed by atoms with Gasteiger partial charge in [-0.15, -0.1) is 0 Å². The number of benzene rings is 1. The van der Waals surface area contributed by atoms with E-state index in [9.17, 15) is 19.7 Å². The first-order valence-electron chi connectivity index (χ1n) is 7.86. The largest absolute Gasteiger partial charge is 0.493 e. The van der Waals surface area contributed by atoms with Crippen LogP contribution in [0.1, 0.15) is 30.1 Å². The van der Waals surface area contributed by atoms with Crippen LogP contribution in [0.25, 0.3) is 0 Å². The fourth-order valence-electron chi connectivity index (χ4n) is 2.40. The molecule has 1 aromatic rings. The first kappa shape index (κ1) is 18.7. The number of nitro benzene ring substituents is 1. The molecule has 0 radical (unpaired) electrons. The number of aldehydes is 1. The molecule has 9 nitrogen and oxygen atoms in total. The molecule has 1 aliphatic heterocycles. The van der Waals surface area contributed by atoms with Crippen molar-refractivity contribution in [1.82, 2.24) is 4.90 Å². The predicted octanol–water partition coefficient (Wildman–Crippen LogP) is 1.78. The second-order valence-electron chi connectivity index (χ2n) is 5.46. The molecule has 0 unspecified atom stereocenters. The summed E-state index contributed by atoms with van der Waals surface area (Å²) in [7, 11) is 1.38. The molecule has 2 rings (SSSR count). The molecule has 1 amide bonds. The standard InChI is InChI=1S/C16H20N2O7/c1-3-4-5-25-15-7-13(18(21)22)12(6-14(15)23-2)16(20)17-10-24-9-11(17)8-19/h6-8,11H,3-5,9-10H2,1-2H3/t11-/m1/s1. The van der Waals surface area contributed by atoms with E-state index in [0.717, 1.165) is 17.7 Å². The first-order chi connectivity index (χ1) is 12.0. The van der Waals surface area contributed by atoms with Crippen molar-refractivity contribution in [3.8, 4) is 11.5 Å². The minimum Gasteiger partial charge on any atom is -0.493 e. The first-order valence-corrected chi connectivity index (χ1v) is 7.86. The van der Waals surface area contributed by atoms with Gasteiger partial charge in [-0.05, 0) is 6.42 Å². The van der Waals surface area contributed by atoms with E-state index in [-0.39, 0.29) is 30.4 Å². The molecule has 9 heteroatoms. The third-order valence-electron chi connectivity index (χ3n) is 3.80. The van der Waals surface area contributed by atoms with Crippen LogP contribution in [0, 0.1) is 10.1 Å². The zero-order chi connectivity index (χ0) is 18.4. The average molecular weight is 352 g/mol. The normalized spacial score (nSPS) is 16.6. The van der Waals surface area contributed by atoms with E-state index < -0.39 is 22.6 Å². The Bertz CT molecular complexity index is 662. The number of nitro groups is 1. The summed E-state index contributed by atoms with van der Waals surface area (Å²) in [6, 6.07) is 1.68. The highest BCUT2D eigenvalue weighted by molar-refractivity contribution is 6.00. The Balaban J connectivity index is 2.40. The van der Waals surface area contributed by atoms with Crippen LogP contribution in [0.15, 0.2) is 12.1 Å². The van der Waals surface area contributed by atoms with E-state index in [4.69, 9.17) is 14.2 Å². The third kappa shape index (κ3) is 4.05.